The molecule has 37 heavy (non-hydrogen) atoms. The first-order valence-corrected chi connectivity index (χ1v) is 13.1. The van der Waals surface area contributed by atoms with Crippen LogP contribution in [0.15, 0.2) is 12.7 Å². The maximum Gasteiger partial charge on any atom is 0.418 e. The number of likely N-dealkylation sites (tertiary alicyclic amines) is 1. The van der Waals surface area contributed by atoms with Crippen molar-refractivity contribution < 1.29 is 38.6 Å². The summed E-state index contributed by atoms with van der Waals surface area (Å²) in [6.07, 6.45) is 0.956. The number of amides is 4. The van der Waals surface area contributed by atoms with Crippen molar-refractivity contribution in [3.05, 3.63) is 12.7 Å². The molecule has 10 heteroatoms. The molecule has 0 radical (unpaired) electrons. The van der Waals surface area contributed by atoms with Crippen LogP contribution in [-0.4, -0.2) is 58.7 Å². The molecule has 1 saturated heterocycles. The van der Waals surface area contributed by atoms with Gasteiger partial charge in [0.1, 0.15) is 11.9 Å². The van der Waals surface area contributed by atoms with Crippen LogP contribution in [0.1, 0.15) is 72.6 Å². The van der Waals surface area contributed by atoms with Gasteiger partial charge in [0.2, 0.25) is 11.8 Å². The summed E-state index contributed by atoms with van der Waals surface area (Å²) in [7, 11) is 0. The third kappa shape index (κ3) is 4.27. The highest BCUT2D eigenvalue weighted by molar-refractivity contribution is 6.02. The van der Waals surface area contributed by atoms with E-state index in [2.05, 4.69) is 13.5 Å². The number of carbonyl (C=O) groups is 5. The van der Waals surface area contributed by atoms with E-state index in [1.165, 1.54) is 0 Å². The van der Waals surface area contributed by atoms with Gasteiger partial charge in [-0.25, -0.2) is 19.8 Å². The third-order valence-electron chi connectivity index (χ3n) is 10.2. The number of nitrogens with one attached hydrogen (secondary N) is 1. The van der Waals surface area contributed by atoms with Gasteiger partial charge >= 0.3 is 12.2 Å². The molecule has 4 rings (SSSR count). The lowest BCUT2D eigenvalue weighted by Gasteiger charge is -2.61. The van der Waals surface area contributed by atoms with Gasteiger partial charge in [0, 0.05) is 36.0 Å². The number of carbonyl (C=O) groups excluding carboxylic acids is 5. The van der Waals surface area contributed by atoms with Gasteiger partial charge in [-0.05, 0) is 42.9 Å². The molecule has 1 unspecified atom stereocenters. The van der Waals surface area contributed by atoms with Gasteiger partial charge in [-0.3, -0.25) is 14.4 Å². The summed E-state index contributed by atoms with van der Waals surface area (Å²) < 4.78 is 10.8. The lowest BCUT2D eigenvalue weighted by molar-refractivity contribution is -0.191. The first-order valence-electron chi connectivity index (χ1n) is 13.1. The first kappa shape index (κ1) is 27.3. The molecule has 0 aromatic heterocycles. The van der Waals surface area contributed by atoms with E-state index in [0.717, 1.165) is 17.7 Å². The number of hydrogen-bond acceptors (Lipinski definition) is 8. The van der Waals surface area contributed by atoms with Crippen LogP contribution in [0.25, 0.3) is 0 Å². The lowest BCUT2D eigenvalue weighted by Crippen LogP contribution is -2.63. The van der Waals surface area contributed by atoms with E-state index in [1.807, 2.05) is 26.1 Å². The Balaban J connectivity index is 1.58. The number of imide groups is 2. The van der Waals surface area contributed by atoms with Crippen molar-refractivity contribution in [3.8, 4) is 0 Å². The molecule has 8 atom stereocenters. The molecular formula is C27H38N2O8. The summed E-state index contributed by atoms with van der Waals surface area (Å²) in [6, 6.07) is 0. The van der Waals surface area contributed by atoms with Gasteiger partial charge < -0.3 is 14.6 Å². The highest BCUT2D eigenvalue weighted by Crippen LogP contribution is 2.67. The Labute approximate surface area is 217 Å². The molecule has 4 amide bonds. The summed E-state index contributed by atoms with van der Waals surface area (Å²) >= 11 is 0. The maximum atomic E-state index is 13.4. The van der Waals surface area contributed by atoms with E-state index < -0.39 is 59.2 Å². The molecule has 0 aromatic rings. The first-order chi connectivity index (χ1) is 17.3. The average molecular weight is 519 g/mol. The lowest BCUT2D eigenvalue weighted by atomic mass is 9.44. The monoisotopic (exact) mass is 518 g/mol. The van der Waals surface area contributed by atoms with Gasteiger partial charge in [-0.1, -0.05) is 33.8 Å². The number of hydrogen-bond donors (Lipinski definition) is 2. The Bertz CT molecular complexity index is 1010. The van der Waals surface area contributed by atoms with E-state index in [4.69, 9.17) is 9.47 Å². The van der Waals surface area contributed by atoms with E-state index in [9.17, 15) is 29.1 Å². The van der Waals surface area contributed by atoms with Crippen LogP contribution < -0.4 is 5.32 Å². The summed E-state index contributed by atoms with van der Waals surface area (Å²) in [4.78, 5) is 62.8. The highest BCUT2D eigenvalue weighted by Gasteiger charge is 2.68. The number of alkyl carbamates (subject to hydrolysis) is 2. The van der Waals surface area contributed by atoms with Crippen molar-refractivity contribution in [2.24, 2.45) is 34.0 Å². The topological polar surface area (TPSA) is 139 Å². The number of ether oxygens (including phenoxy) is 2. The van der Waals surface area contributed by atoms with Gasteiger partial charge in [-0.15, -0.1) is 6.58 Å². The van der Waals surface area contributed by atoms with E-state index in [1.54, 1.807) is 6.08 Å². The summed E-state index contributed by atoms with van der Waals surface area (Å²) in [5.74, 6) is -1.27. The minimum atomic E-state index is -1.16. The summed E-state index contributed by atoms with van der Waals surface area (Å²) in [5.41, 5.74) is -1.93. The standard InChI is InChI=1S/C27H38N2O8/c1-6-25(4)13-18(37-24(35)28-23(34)36-14-29-19(31)7-8-20(29)32)26(5)15(2)9-11-27(16(3)22(25)33)12-10-17(30)21(26)27/h6,15-16,18,21-22,33H,1,7-14H2,2-5H3,(H,28,34,35)/t15?,16-,18+,21-,22-,25+,26+,27-/m0/s1. The number of ketones is 1. The molecule has 4 fully saturated rings. The Morgan fingerprint density at radius 2 is 1.76 bits per heavy atom. The Kier molecular flexibility index (Phi) is 7.03. The molecule has 0 spiro atoms. The van der Waals surface area contributed by atoms with E-state index >= 15 is 0 Å². The molecule has 0 aromatic carbocycles. The fourth-order valence-electron chi connectivity index (χ4n) is 7.67. The zero-order valence-electron chi connectivity index (χ0n) is 22.1. The van der Waals surface area contributed by atoms with Gasteiger partial charge in [0.15, 0.2) is 6.73 Å². The van der Waals surface area contributed by atoms with Crippen molar-refractivity contribution in [1.82, 2.24) is 10.2 Å². The molecule has 2 N–H and O–H groups in total. The predicted molar refractivity (Wildman–Crippen MR) is 131 cm³/mol. The minimum Gasteiger partial charge on any atom is -0.445 e. The number of Topliss-reactive ketones (excluding diaryl/α,β-unsaturated/α-hetero) is 1. The van der Waals surface area contributed by atoms with Crippen LogP contribution >= 0.6 is 0 Å². The van der Waals surface area contributed by atoms with Gasteiger partial charge in [0.05, 0.1) is 6.10 Å². The van der Waals surface area contributed by atoms with Crippen molar-refractivity contribution in [2.75, 3.05) is 6.73 Å². The molecule has 2 bridgehead atoms. The van der Waals surface area contributed by atoms with Gasteiger partial charge in [0.25, 0.3) is 0 Å². The van der Waals surface area contributed by atoms with Gasteiger partial charge in [-0.2, -0.15) is 0 Å². The molecular weight excluding hydrogens is 480 g/mol. The Morgan fingerprint density at radius 3 is 2.38 bits per heavy atom. The third-order valence-corrected chi connectivity index (χ3v) is 10.2. The van der Waals surface area contributed by atoms with Crippen molar-refractivity contribution >= 4 is 29.8 Å². The zero-order chi connectivity index (χ0) is 27.3. The predicted octanol–water partition coefficient (Wildman–Crippen LogP) is 3.32. The minimum absolute atomic E-state index is 0.0427. The van der Waals surface area contributed by atoms with Crippen molar-refractivity contribution in [2.45, 2.75) is 84.8 Å². The second-order valence-electron chi connectivity index (χ2n) is 11.9. The zero-order valence-corrected chi connectivity index (χ0v) is 22.1. The molecule has 204 valence electrons. The van der Waals surface area contributed by atoms with Crippen molar-refractivity contribution in [1.29, 1.82) is 0 Å². The molecule has 4 aliphatic rings. The number of nitrogens with zero attached hydrogens (tertiary/aromatic N) is 1. The Morgan fingerprint density at radius 1 is 1.11 bits per heavy atom. The van der Waals surface area contributed by atoms with Crippen LogP contribution in [0.5, 0.6) is 0 Å². The van der Waals surface area contributed by atoms with E-state index in [-0.39, 0.29) is 42.8 Å². The molecule has 10 nitrogen and oxygen atoms in total. The quantitative estimate of drug-likeness (QED) is 0.427. The largest absolute Gasteiger partial charge is 0.445 e. The van der Waals surface area contributed by atoms with Crippen LogP contribution in [0, 0.1) is 34.0 Å². The Hall–Kier alpha value is -2.75. The van der Waals surface area contributed by atoms with E-state index in [0.29, 0.717) is 12.8 Å². The SMILES string of the molecule is C=C[C@]1(C)C[C@@H](OC(=O)NC(=O)OCN2C(=O)CCC2=O)[C@@]2(C)C(C)CC[C@]3(CCC(=O)[C@H]32)[C@@H](C)[C@@H]1O. The molecule has 1 aliphatic heterocycles. The number of aliphatic hydroxyl groups is 1. The second kappa shape index (κ2) is 9.53. The van der Waals surface area contributed by atoms with Crippen LogP contribution in [0.3, 0.4) is 0 Å². The average Bonchev–Trinajstić information content (AvgIpc) is 3.37. The number of aliphatic hydroxyl groups excluding tert-OH is 1. The normalized spacial score (nSPS) is 41.5. The molecule has 1 heterocycles. The number of rotatable bonds is 4. The second-order valence-corrected chi connectivity index (χ2v) is 11.9. The molecule has 3 aliphatic carbocycles. The van der Waals surface area contributed by atoms with Crippen LogP contribution in [0.4, 0.5) is 9.59 Å². The summed E-state index contributed by atoms with van der Waals surface area (Å²) in [5, 5.41) is 13.5. The van der Waals surface area contributed by atoms with Crippen LogP contribution in [0.2, 0.25) is 0 Å². The molecule has 3 saturated carbocycles. The summed E-state index contributed by atoms with van der Waals surface area (Å²) in [6.45, 7) is 11.3. The van der Waals surface area contributed by atoms with Crippen molar-refractivity contribution in [3.63, 3.8) is 0 Å². The smallest absolute Gasteiger partial charge is 0.418 e. The highest BCUT2D eigenvalue weighted by atomic mass is 16.6. The van der Waals surface area contributed by atoms with Crippen LogP contribution in [-0.2, 0) is 23.9 Å². The maximum absolute atomic E-state index is 13.4. The fourth-order valence-corrected chi connectivity index (χ4v) is 7.67. The fraction of sp³-hybridized carbons (Fsp3) is 0.741.